The number of guanidine groups is 1. The van der Waals surface area contributed by atoms with Gasteiger partial charge in [0.25, 0.3) is 0 Å². The first-order valence-electron chi connectivity index (χ1n) is 35.7. The van der Waals surface area contributed by atoms with Crippen molar-refractivity contribution < 1.29 is 68.0 Å². The van der Waals surface area contributed by atoms with E-state index in [0.29, 0.717) is 29.0 Å². The zero-order valence-corrected chi connectivity index (χ0v) is 61.2. The summed E-state index contributed by atoms with van der Waals surface area (Å²) in [5, 5.41) is 69.3. The van der Waals surface area contributed by atoms with E-state index in [-0.39, 0.29) is 100 Å². The molecule has 0 saturated carbocycles. The van der Waals surface area contributed by atoms with Gasteiger partial charge in [-0.05, 0) is 123 Å². The first-order chi connectivity index (χ1) is 53.2. The number of benzene rings is 4. The van der Waals surface area contributed by atoms with Crippen molar-refractivity contribution in [2.75, 3.05) is 39.4 Å². The van der Waals surface area contributed by atoms with Crippen molar-refractivity contribution in [2.45, 2.75) is 139 Å². The number of primary amides is 1. The lowest BCUT2D eigenvalue weighted by Crippen LogP contribution is -2.61. The Hall–Kier alpha value is -12.8. The molecule has 0 aliphatic carbocycles. The van der Waals surface area contributed by atoms with Crippen LogP contribution in [0.3, 0.4) is 0 Å². The van der Waals surface area contributed by atoms with Crippen LogP contribution in [0, 0.1) is 23.7 Å². The predicted molar refractivity (Wildman–Crippen MR) is 406 cm³/mol. The van der Waals surface area contributed by atoms with E-state index in [0.717, 1.165) is 20.2 Å². The van der Waals surface area contributed by atoms with E-state index in [4.69, 9.17) is 39.5 Å². The number of phenols is 1. The van der Waals surface area contributed by atoms with Gasteiger partial charge < -0.3 is 101 Å². The van der Waals surface area contributed by atoms with Gasteiger partial charge in [-0.15, -0.1) is 6.42 Å². The molecule has 0 fully saturated rings. The van der Waals surface area contributed by atoms with Gasteiger partial charge in [0.15, 0.2) is 5.96 Å². The van der Waals surface area contributed by atoms with Crippen molar-refractivity contribution in [3.63, 3.8) is 0 Å². The topological polar surface area (TPSA) is 590 Å². The Morgan fingerprint density at radius 2 is 1.31 bits per heavy atom. The molecule has 7 rings (SSSR count). The molecule has 9 unspecified atom stereocenters. The summed E-state index contributed by atoms with van der Waals surface area (Å²) in [4.78, 5) is 177. The van der Waals surface area contributed by atoms with E-state index in [1.807, 2.05) is 6.07 Å². The number of aromatic amines is 2. The standard InChI is InChI=1S/C74H95N21O16/c1-4-31-111-49-22-20-48(21-23-49)94-73(109)93-95(74(94)110)59-34-44(19-25-60(59)97)33-57(71(107)108)87-62(99)39-84-64(100)55(32-43-13-6-5-7-14-43)83-38-47(36-46-27-30-80-41-85-46)86-65(101)53(18-12-29-81-72(78)79)89-66(102)52(17-10-11-28-75)88-67(103)54(24-26-61(76)98)90-69(105)58(40-96)92-68(104)56(91-70(106)63(77)42(2)3)35-45-37-82-51-16-9-8-15-50(45)51/h1,5-9,13-16,19-23,25,27,30,34,37,41-42,47,52-58,63,82-83,96-97H,10-12,17-18,24,26,28-29,31-33,35-36,38-40,75,77H2,2-3H3,(H2,76,98)(H,84,100)(H,86,101)(H,87,99)(H,88,103)(H,89,102)(H,90,105)(H,91,106)(H,92,104)(H,93,109)(H,107,108)(H4,78,79,81). The van der Waals surface area contributed by atoms with Crippen LogP contribution in [0.1, 0.15) is 81.2 Å². The number of carbonyl (C=O) groups excluding carboxylic acids is 9. The molecule has 0 saturated heterocycles. The zero-order chi connectivity index (χ0) is 80.7. The van der Waals surface area contributed by atoms with Crippen molar-refractivity contribution >= 4 is 76.0 Å². The minimum atomic E-state index is -1.76. The van der Waals surface area contributed by atoms with Crippen LogP contribution in [0.4, 0.5) is 0 Å². The van der Waals surface area contributed by atoms with Crippen LogP contribution < -0.4 is 92.2 Å². The Morgan fingerprint density at radius 3 is 1.95 bits per heavy atom. The Labute approximate surface area is 636 Å². The van der Waals surface area contributed by atoms with Crippen LogP contribution in [-0.4, -0.2) is 203 Å². The van der Waals surface area contributed by atoms with Gasteiger partial charge in [0.2, 0.25) is 53.2 Å². The smallest absolute Gasteiger partial charge is 0.356 e. The Bertz CT molecular complexity index is 4520. The third-order valence-electron chi connectivity index (χ3n) is 17.7. The average Bonchev–Trinajstić information content (AvgIpc) is 1.64. The number of H-pyrrole nitrogens is 2. The van der Waals surface area contributed by atoms with Crippen LogP contribution in [-0.2, 0) is 73.6 Å². The first-order valence-corrected chi connectivity index (χ1v) is 35.7. The molecule has 9 amide bonds. The summed E-state index contributed by atoms with van der Waals surface area (Å²) in [7, 11) is 0. The largest absolute Gasteiger partial charge is 0.506 e. The summed E-state index contributed by atoms with van der Waals surface area (Å²) in [6.07, 6.45) is 8.72. The number of hydrogen-bond acceptors (Lipinski definition) is 21. The Morgan fingerprint density at radius 1 is 0.676 bits per heavy atom. The van der Waals surface area contributed by atoms with Gasteiger partial charge in [-0.25, -0.2) is 34.0 Å². The van der Waals surface area contributed by atoms with Crippen LogP contribution >= 0.6 is 0 Å². The van der Waals surface area contributed by atoms with Crippen LogP contribution in [0.25, 0.3) is 22.3 Å². The number of aliphatic carboxylic acids is 1. The highest BCUT2D eigenvalue weighted by molar-refractivity contribution is 5.98. The van der Waals surface area contributed by atoms with Crippen molar-refractivity contribution in [3.8, 4) is 35.2 Å². The minimum Gasteiger partial charge on any atom is -0.506 e. The highest BCUT2D eigenvalue weighted by Gasteiger charge is 2.35. The number of amides is 9. The normalized spacial score (nSPS) is 13.6. The molecule has 0 radical (unpaired) electrons. The number of para-hydroxylation sites is 1. The van der Waals surface area contributed by atoms with Gasteiger partial charge >= 0.3 is 17.3 Å². The highest BCUT2D eigenvalue weighted by Crippen LogP contribution is 2.24. The number of aliphatic hydroxyl groups excluding tert-OH is 1. The molecule has 592 valence electrons. The van der Waals surface area contributed by atoms with Gasteiger partial charge in [-0.1, -0.05) is 74.4 Å². The number of nitrogens with one attached hydrogen (secondary N) is 13. The van der Waals surface area contributed by atoms with Gasteiger partial charge in [-0.2, -0.15) is 4.68 Å². The monoisotopic (exact) mass is 1530 g/mol. The molecule has 9 atom stereocenters. The maximum atomic E-state index is 14.9. The second kappa shape index (κ2) is 42.7. The summed E-state index contributed by atoms with van der Waals surface area (Å²) < 4.78 is 6.91. The first kappa shape index (κ1) is 85.5. The number of aliphatic hydroxyl groups is 1. The maximum Gasteiger partial charge on any atom is 0.356 e. The number of unbranched alkanes of at least 4 members (excludes halogenated alkanes) is 1. The zero-order valence-electron chi connectivity index (χ0n) is 61.2. The minimum absolute atomic E-state index is 0.00328. The van der Waals surface area contributed by atoms with E-state index >= 15 is 0 Å². The Balaban J connectivity index is 1.06. The number of nitrogens with two attached hydrogens (primary N) is 4. The molecule has 7 aromatic rings. The number of aromatic nitrogens is 6. The second-order valence-electron chi connectivity index (χ2n) is 26.4. The molecule has 37 heteroatoms. The second-order valence-corrected chi connectivity index (χ2v) is 26.4. The molecule has 0 bridgehead atoms. The SMILES string of the molecule is C#CCOc1ccc(-n2c(=O)[nH]n(-c3cc(CC(NC(=O)CNC(=O)C(Cc4ccccc4)NCC(Cc4ccncn4)NC(=O)C(CCCNC(=N)N)NC(=O)C(CCCCN)NC(=O)C(CCC(N)=O)NC(=O)C(CO)NC(=O)C(Cc4c[nH]c5ccccc45)NC(=O)C(N)C(C)C)C(=O)O)ccc3O)c2=O)cc1. The van der Waals surface area contributed by atoms with Crippen LogP contribution in [0.2, 0.25) is 0 Å². The molecular weight excluding hydrogens is 1440 g/mol. The van der Waals surface area contributed by atoms with Crippen molar-refractivity contribution in [2.24, 2.45) is 28.9 Å². The lowest BCUT2D eigenvalue weighted by Gasteiger charge is -2.28. The predicted octanol–water partition coefficient (Wildman–Crippen LogP) is -3.24. The lowest BCUT2D eigenvalue weighted by molar-refractivity contribution is -0.141. The number of aromatic hydroxyl groups is 1. The number of terminal acetylenes is 1. The maximum absolute atomic E-state index is 14.9. The van der Waals surface area contributed by atoms with Gasteiger partial charge in [0.1, 0.15) is 66.4 Å². The molecule has 0 aliphatic rings. The van der Waals surface area contributed by atoms with E-state index < -0.39 is 163 Å². The summed E-state index contributed by atoms with van der Waals surface area (Å²) in [5.74, 6) is -7.93. The summed E-state index contributed by atoms with van der Waals surface area (Å²) in [6.45, 7) is 1.67. The van der Waals surface area contributed by atoms with E-state index in [9.17, 15) is 72.9 Å². The number of nitrogens with zero attached hydrogens (tertiary/aromatic N) is 4. The number of carbonyl (C=O) groups is 10. The molecule has 24 N–H and O–H groups in total. The summed E-state index contributed by atoms with van der Waals surface area (Å²) in [6, 6.07) is 14.7. The van der Waals surface area contributed by atoms with Crippen LogP contribution in [0.15, 0.2) is 131 Å². The third kappa shape index (κ3) is 26.3. The molecule has 0 aliphatic heterocycles. The Kier molecular flexibility index (Phi) is 32.9. The fourth-order valence-corrected chi connectivity index (χ4v) is 11.7. The van der Waals surface area contributed by atoms with Crippen LogP contribution in [0.5, 0.6) is 11.5 Å². The van der Waals surface area contributed by atoms with E-state index in [1.165, 1.54) is 55.0 Å². The lowest BCUT2D eigenvalue weighted by atomic mass is 10.0. The van der Waals surface area contributed by atoms with E-state index in [1.54, 1.807) is 74.6 Å². The number of ether oxygens (including phenoxy) is 1. The molecule has 3 aromatic heterocycles. The number of phenolic OH excluding ortho intramolecular Hbond substituents is 1. The van der Waals surface area contributed by atoms with Crippen molar-refractivity contribution in [3.05, 3.63) is 165 Å². The number of hydrogen-bond donors (Lipinski definition) is 20. The number of carboxylic acid groups (broad SMARTS) is 1. The number of rotatable bonds is 45. The third-order valence-corrected chi connectivity index (χ3v) is 17.7. The summed E-state index contributed by atoms with van der Waals surface area (Å²) in [5.41, 5.74) is 23.8. The fourth-order valence-electron chi connectivity index (χ4n) is 11.7. The van der Waals surface area contributed by atoms with Gasteiger partial charge in [-0.3, -0.25) is 48.6 Å². The van der Waals surface area contributed by atoms with Gasteiger partial charge in [0, 0.05) is 73.8 Å². The van der Waals surface area contributed by atoms with Crippen molar-refractivity contribution in [1.82, 2.24) is 82.5 Å². The van der Waals surface area contributed by atoms with Crippen molar-refractivity contribution in [1.29, 1.82) is 5.41 Å². The molecule has 111 heavy (non-hydrogen) atoms. The summed E-state index contributed by atoms with van der Waals surface area (Å²) >= 11 is 0. The number of fused-ring (bicyclic) bond motifs is 1. The highest BCUT2D eigenvalue weighted by atomic mass is 16.5. The van der Waals surface area contributed by atoms with Gasteiger partial charge in [0.05, 0.1) is 30.9 Å². The molecule has 4 aromatic carbocycles. The molecular formula is C74H95N21O16. The quantitative estimate of drug-likeness (QED) is 0.00772. The molecule has 3 heterocycles. The molecule has 37 nitrogen and oxygen atoms in total. The van der Waals surface area contributed by atoms with E-state index in [2.05, 4.69) is 79.1 Å². The number of carboxylic acids is 1. The average molecular weight is 1530 g/mol. The fraction of sp³-hybridized carbons (Fsp3) is 0.392. The molecule has 0 spiro atoms.